The number of para-hydroxylation sites is 2. The quantitative estimate of drug-likeness (QED) is 0.438. The van der Waals surface area contributed by atoms with Crippen LogP contribution in [-0.2, 0) is 11.3 Å². The summed E-state index contributed by atoms with van der Waals surface area (Å²) in [6.45, 7) is 0.357. The molecule has 0 aromatic heterocycles. The normalized spacial score (nSPS) is 16.1. The standard InChI is InChI=1S/C24H19ClN2O3/c1-30-22-13-7-2-8-16(22)14-26-15-19-17-9-3-4-10-18(17)23(28)27(24(19)29)21-12-6-5-11-20(21)25/h2-13,15,19H,14H2,1H3. The van der Waals surface area contributed by atoms with E-state index in [0.29, 0.717) is 28.4 Å². The van der Waals surface area contributed by atoms with E-state index in [0.717, 1.165) is 16.2 Å². The van der Waals surface area contributed by atoms with Crippen LogP contribution in [0, 0.1) is 0 Å². The van der Waals surface area contributed by atoms with E-state index in [1.54, 1.807) is 55.8 Å². The van der Waals surface area contributed by atoms with Gasteiger partial charge < -0.3 is 4.74 Å². The first-order valence-corrected chi connectivity index (χ1v) is 9.83. The van der Waals surface area contributed by atoms with Crippen LogP contribution in [-0.4, -0.2) is 25.1 Å². The van der Waals surface area contributed by atoms with Crippen molar-refractivity contribution in [3.63, 3.8) is 0 Å². The number of ether oxygens (including phenoxy) is 1. The monoisotopic (exact) mass is 418 g/mol. The Balaban J connectivity index is 1.71. The van der Waals surface area contributed by atoms with Gasteiger partial charge in [-0.25, -0.2) is 4.90 Å². The third kappa shape index (κ3) is 3.60. The van der Waals surface area contributed by atoms with Gasteiger partial charge in [-0.15, -0.1) is 0 Å². The van der Waals surface area contributed by atoms with Crippen LogP contribution >= 0.6 is 11.6 Å². The fourth-order valence-corrected chi connectivity index (χ4v) is 3.77. The molecule has 4 rings (SSSR count). The summed E-state index contributed by atoms with van der Waals surface area (Å²) in [5.74, 6) is -0.726. The number of anilines is 1. The first-order chi connectivity index (χ1) is 14.6. The van der Waals surface area contributed by atoms with Crippen molar-refractivity contribution in [1.82, 2.24) is 0 Å². The van der Waals surface area contributed by atoms with Gasteiger partial charge in [0.15, 0.2) is 0 Å². The zero-order valence-electron chi connectivity index (χ0n) is 16.3. The molecule has 0 saturated heterocycles. The maximum absolute atomic E-state index is 13.3. The number of imide groups is 1. The van der Waals surface area contributed by atoms with Gasteiger partial charge >= 0.3 is 0 Å². The molecular weight excluding hydrogens is 400 g/mol. The lowest BCUT2D eigenvalue weighted by atomic mass is 9.89. The average molecular weight is 419 g/mol. The number of benzene rings is 3. The number of halogens is 1. The molecule has 0 spiro atoms. The molecule has 0 aliphatic carbocycles. The van der Waals surface area contributed by atoms with Crippen LogP contribution in [0.15, 0.2) is 77.8 Å². The van der Waals surface area contributed by atoms with E-state index in [9.17, 15) is 9.59 Å². The van der Waals surface area contributed by atoms with E-state index < -0.39 is 11.8 Å². The second-order valence-electron chi connectivity index (χ2n) is 6.80. The zero-order chi connectivity index (χ0) is 21.1. The molecular formula is C24H19ClN2O3. The van der Waals surface area contributed by atoms with Gasteiger partial charge in [0.1, 0.15) is 5.75 Å². The summed E-state index contributed by atoms with van der Waals surface area (Å²) in [7, 11) is 1.61. The summed E-state index contributed by atoms with van der Waals surface area (Å²) in [4.78, 5) is 32.1. The number of rotatable bonds is 5. The second kappa shape index (κ2) is 8.51. The van der Waals surface area contributed by atoms with Gasteiger partial charge in [0.25, 0.3) is 5.91 Å². The van der Waals surface area contributed by atoms with Gasteiger partial charge in [0.05, 0.1) is 30.3 Å². The number of aliphatic imine (C=N–C) groups is 1. The number of amides is 2. The van der Waals surface area contributed by atoms with Crippen molar-refractivity contribution < 1.29 is 14.3 Å². The van der Waals surface area contributed by atoms with Gasteiger partial charge in [-0.05, 0) is 29.8 Å². The van der Waals surface area contributed by atoms with Crippen LogP contribution in [0.4, 0.5) is 5.69 Å². The van der Waals surface area contributed by atoms with Gasteiger partial charge in [-0.1, -0.05) is 60.1 Å². The van der Waals surface area contributed by atoms with E-state index in [1.807, 2.05) is 30.3 Å². The van der Waals surface area contributed by atoms with E-state index in [-0.39, 0.29) is 5.91 Å². The lowest BCUT2D eigenvalue weighted by Gasteiger charge is -2.31. The molecule has 6 heteroatoms. The van der Waals surface area contributed by atoms with Crippen LogP contribution < -0.4 is 9.64 Å². The Morgan fingerprint density at radius 3 is 2.50 bits per heavy atom. The van der Waals surface area contributed by atoms with Gasteiger partial charge in [0.2, 0.25) is 5.91 Å². The van der Waals surface area contributed by atoms with E-state index >= 15 is 0 Å². The van der Waals surface area contributed by atoms with Crippen molar-refractivity contribution in [3.8, 4) is 5.75 Å². The average Bonchev–Trinajstić information content (AvgIpc) is 2.77. The number of methoxy groups -OCH3 is 1. The smallest absolute Gasteiger partial charge is 0.265 e. The summed E-state index contributed by atoms with van der Waals surface area (Å²) in [5.41, 5.74) is 2.38. The van der Waals surface area contributed by atoms with Crippen LogP contribution in [0.5, 0.6) is 5.75 Å². The molecule has 2 amide bonds. The topological polar surface area (TPSA) is 59.0 Å². The molecule has 0 fully saturated rings. The minimum absolute atomic E-state index is 0.336. The summed E-state index contributed by atoms with van der Waals surface area (Å²) in [6.07, 6.45) is 1.60. The van der Waals surface area contributed by atoms with Crippen LogP contribution in [0.2, 0.25) is 5.02 Å². The Morgan fingerprint density at radius 1 is 1.00 bits per heavy atom. The molecule has 1 heterocycles. The van der Waals surface area contributed by atoms with Crippen molar-refractivity contribution >= 4 is 35.3 Å². The fourth-order valence-electron chi connectivity index (χ4n) is 3.55. The van der Waals surface area contributed by atoms with E-state index in [2.05, 4.69) is 4.99 Å². The lowest BCUT2D eigenvalue weighted by Crippen LogP contribution is -2.45. The molecule has 1 aliphatic rings. The first-order valence-electron chi connectivity index (χ1n) is 9.45. The minimum atomic E-state index is -0.690. The van der Waals surface area contributed by atoms with Crippen molar-refractivity contribution in [2.45, 2.75) is 12.5 Å². The van der Waals surface area contributed by atoms with Crippen LogP contribution in [0.3, 0.4) is 0 Å². The molecule has 5 nitrogen and oxygen atoms in total. The summed E-state index contributed by atoms with van der Waals surface area (Å²) in [6, 6.07) is 21.5. The number of carbonyl (C=O) groups excluding carboxylic acids is 2. The highest BCUT2D eigenvalue weighted by atomic mass is 35.5. The highest BCUT2D eigenvalue weighted by molar-refractivity contribution is 6.37. The summed E-state index contributed by atoms with van der Waals surface area (Å²) >= 11 is 6.29. The van der Waals surface area contributed by atoms with Crippen LogP contribution in [0.25, 0.3) is 0 Å². The Bertz CT molecular complexity index is 1140. The molecule has 1 aliphatic heterocycles. The molecule has 0 saturated carbocycles. The molecule has 3 aromatic carbocycles. The maximum atomic E-state index is 13.3. The second-order valence-corrected chi connectivity index (χ2v) is 7.20. The Labute approximate surface area is 179 Å². The number of hydrogen-bond acceptors (Lipinski definition) is 4. The van der Waals surface area contributed by atoms with Gasteiger partial charge in [-0.3, -0.25) is 14.6 Å². The first kappa shape index (κ1) is 19.9. The van der Waals surface area contributed by atoms with E-state index in [1.165, 1.54) is 0 Å². The molecule has 3 aromatic rings. The van der Waals surface area contributed by atoms with Crippen LogP contribution in [0.1, 0.15) is 27.4 Å². The Kier molecular flexibility index (Phi) is 5.63. The lowest BCUT2D eigenvalue weighted by molar-refractivity contribution is -0.118. The number of fused-ring (bicyclic) bond motifs is 1. The number of nitrogens with zero attached hydrogens (tertiary/aromatic N) is 2. The summed E-state index contributed by atoms with van der Waals surface area (Å²) in [5, 5.41) is 0.336. The Morgan fingerprint density at radius 2 is 1.70 bits per heavy atom. The predicted octanol–water partition coefficient (Wildman–Crippen LogP) is 4.89. The highest BCUT2D eigenvalue weighted by Crippen LogP contribution is 2.35. The largest absolute Gasteiger partial charge is 0.496 e. The molecule has 0 bridgehead atoms. The molecule has 1 unspecified atom stereocenters. The SMILES string of the molecule is COc1ccccc1CN=CC1C(=O)N(c2ccccc2Cl)C(=O)c2ccccc21. The molecule has 150 valence electrons. The third-order valence-corrected chi connectivity index (χ3v) is 5.34. The van der Waals surface area contributed by atoms with Crippen molar-refractivity contribution in [3.05, 3.63) is 94.5 Å². The third-order valence-electron chi connectivity index (χ3n) is 5.02. The maximum Gasteiger partial charge on any atom is 0.265 e. The molecule has 1 atom stereocenters. The number of carbonyl (C=O) groups is 2. The Hall–Kier alpha value is -3.44. The van der Waals surface area contributed by atoms with E-state index in [4.69, 9.17) is 16.3 Å². The minimum Gasteiger partial charge on any atom is -0.496 e. The highest BCUT2D eigenvalue weighted by Gasteiger charge is 2.39. The fraction of sp³-hybridized carbons (Fsp3) is 0.125. The molecule has 0 radical (unpaired) electrons. The van der Waals surface area contributed by atoms with Crippen molar-refractivity contribution in [2.24, 2.45) is 4.99 Å². The van der Waals surface area contributed by atoms with Crippen molar-refractivity contribution in [1.29, 1.82) is 0 Å². The number of hydrogen-bond donors (Lipinski definition) is 0. The van der Waals surface area contributed by atoms with Crippen molar-refractivity contribution in [2.75, 3.05) is 12.0 Å². The van der Waals surface area contributed by atoms with Gasteiger partial charge in [0, 0.05) is 17.3 Å². The summed E-state index contributed by atoms with van der Waals surface area (Å²) < 4.78 is 5.36. The predicted molar refractivity (Wildman–Crippen MR) is 118 cm³/mol. The van der Waals surface area contributed by atoms with Gasteiger partial charge in [-0.2, -0.15) is 0 Å². The zero-order valence-corrected chi connectivity index (χ0v) is 17.0. The molecule has 30 heavy (non-hydrogen) atoms. The molecule has 0 N–H and O–H groups in total.